The van der Waals surface area contributed by atoms with E-state index in [1.54, 1.807) is 39.6 Å². The fourth-order valence-electron chi connectivity index (χ4n) is 1.11. The molecular weight excluding hydrogens is 182 g/mol. The van der Waals surface area contributed by atoms with Gasteiger partial charge < -0.3 is 14.6 Å². The molecule has 0 saturated heterocycles. The molecule has 2 unspecified atom stereocenters. The van der Waals surface area contributed by atoms with Crippen molar-refractivity contribution >= 4 is 0 Å². The second kappa shape index (κ2) is 4.93. The Morgan fingerprint density at radius 3 is 2.64 bits per heavy atom. The van der Waals surface area contributed by atoms with Gasteiger partial charge in [-0.1, -0.05) is 0 Å². The average molecular weight is 197 g/mol. The van der Waals surface area contributed by atoms with Crippen molar-refractivity contribution < 1.29 is 14.6 Å². The van der Waals surface area contributed by atoms with E-state index in [4.69, 9.17) is 9.47 Å². The van der Waals surface area contributed by atoms with Crippen molar-refractivity contribution in [3.8, 4) is 5.75 Å². The third kappa shape index (κ3) is 2.43. The van der Waals surface area contributed by atoms with Gasteiger partial charge in [-0.2, -0.15) is 0 Å². The summed E-state index contributed by atoms with van der Waals surface area (Å²) in [4.78, 5) is 3.95. The van der Waals surface area contributed by atoms with Crippen LogP contribution in [0.2, 0.25) is 0 Å². The first-order valence-electron chi connectivity index (χ1n) is 4.38. The van der Waals surface area contributed by atoms with Crippen LogP contribution < -0.4 is 4.74 Å². The number of nitrogens with zero attached hydrogens (tertiary/aromatic N) is 1. The molecule has 2 atom stereocenters. The van der Waals surface area contributed by atoms with Crippen LogP contribution in [0, 0.1) is 0 Å². The standard InChI is InChI=1S/C10H15NO3/c1-7(13-2)10(12)8-4-9(14-3)6-11-5-8/h4-7,10,12H,1-3H3. The van der Waals surface area contributed by atoms with Gasteiger partial charge in [-0.25, -0.2) is 0 Å². The van der Waals surface area contributed by atoms with Gasteiger partial charge in [0.15, 0.2) is 0 Å². The maximum Gasteiger partial charge on any atom is 0.137 e. The van der Waals surface area contributed by atoms with E-state index >= 15 is 0 Å². The maximum atomic E-state index is 9.79. The fraction of sp³-hybridized carbons (Fsp3) is 0.500. The van der Waals surface area contributed by atoms with E-state index < -0.39 is 6.10 Å². The number of aliphatic hydroxyl groups excluding tert-OH is 1. The van der Waals surface area contributed by atoms with Gasteiger partial charge in [-0.15, -0.1) is 0 Å². The van der Waals surface area contributed by atoms with Crippen molar-refractivity contribution in [3.05, 3.63) is 24.0 Å². The molecule has 0 saturated carbocycles. The van der Waals surface area contributed by atoms with E-state index in [1.807, 2.05) is 0 Å². The highest BCUT2D eigenvalue weighted by atomic mass is 16.5. The average Bonchev–Trinajstić information content (AvgIpc) is 2.27. The third-order valence-electron chi connectivity index (χ3n) is 2.13. The molecule has 4 nitrogen and oxygen atoms in total. The lowest BCUT2D eigenvalue weighted by Crippen LogP contribution is -2.16. The third-order valence-corrected chi connectivity index (χ3v) is 2.13. The Balaban J connectivity index is 2.83. The summed E-state index contributed by atoms with van der Waals surface area (Å²) in [5.41, 5.74) is 0.693. The van der Waals surface area contributed by atoms with E-state index in [9.17, 15) is 5.11 Å². The minimum Gasteiger partial charge on any atom is -0.495 e. The predicted octanol–water partition coefficient (Wildman–Crippen LogP) is 1.16. The molecule has 0 aliphatic carbocycles. The SMILES string of the molecule is COc1cncc(C(O)C(C)OC)c1. The summed E-state index contributed by atoms with van der Waals surface area (Å²) in [6, 6.07) is 1.74. The van der Waals surface area contributed by atoms with Crippen molar-refractivity contribution in [3.63, 3.8) is 0 Å². The Hall–Kier alpha value is -1.13. The van der Waals surface area contributed by atoms with Crippen molar-refractivity contribution in [1.82, 2.24) is 4.98 Å². The molecule has 0 aliphatic rings. The second-order valence-electron chi connectivity index (χ2n) is 3.04. The van der Waals surface area contributed by atoms with Crippen LogP contribution in [0.1, 0.15) is 18.6 Å². The van der Waals surface area contributed by atoms with Gasteiger partial charge in [0.1, 0.15) is 11.9 Å². The molecule has 0 amide bonds. The molecular formula is C10H15NO3. The zero-order valence-electron chi connectivity index (χ0n) is 8.60. The van der Waals surface area contributed by atoms with Gasteiger partial charge in [0.2, 0.25) is 0 Å². The highest BCUT2D eigenvalue weighted by molar-refractivity contribution is 5.25. The van der Waals surface area contributed by atoms with Crippen LogP contribution in [-0.2, 0) is 4.74 Å². The zero-order chi connectivity index (χ0) is 10.6. The smallest absolute Gasteiger partial charge is 0.137 e. The molecule has 1 heterocycles. The summed E-state index contributed by atoms with van der Waals surface area (Å²) < 4.78 is 10.0. The summed E-state index contributed by atoms with van der Waals surface area (Å²) >= 11 is 0. The number of methoxy groups -OCH3 is 2. The van der Waals surface area contributed by atoms with Crippen LogP contribution in [0.25, 0.3) is 0 Å². The van der Waals surface area contributed by atoms with Crippen LogP contribution in [0.5, 0.6) is 5.75 Å². The molecule has 14 heavy (non-hydrogen) atoms. The molecule has 1 aromatic rings. The van der Waals surface area contributed by atoms with Crippen molar-refractivity contribution in [2.75, 3.05) is 14.2 Å². The predicted molar refractivity (Wildman–Crippen MR) is 52.2 cm³/mol. The van der Waals surface area contributed by atoms with Gasteiger partial charge in [0.25, 0.3) is 0 Å². The quantitative estimate of drug-likeness (QED) is 0.786. The van der Waals surface area contributed by atoms with Gasteiger partial charge in [0.05, 0.1) is 19.4 Å². The van der Waals surface area contributed by atoms with Crippen LogP contribution >= 0.6 is 0 Å². The Kier molecular flexibility index (Phi) is 3.85. The highest BCUT2D eigenvalue weighted by Crippen LogP contribution is 2.21. The molecule has 4 heteroatoms. The summed E-state index contributed by atoms with van der Waals surface area (Å²) in [6.07, 6.45) is 2.25. The molecule has 1 aromatic heterocycles. The zero-order valence-corrected chi connectivity index (χ0v) is 8.60. The molecule has 0 aliphatic heterocycles. The van der Waals surface area contributed by atoms with E-state index in [2.05, 4.69) is 4.98 Å². The number of ether oxygens (including phenoxy) is 2. The molecule has 0 fully saturated rings. The Morgan fingerprint density at radius 1 is 1.36 bits per heavy atom. The first kappa shape index (κ1) is 10.9. The second-order valence-corrected chi connectivity index (χ2v) is 3.04. The molecule has 0 bridgehead atoms. The minimum absolute atomic E-state index is 0.260. The van der Waals surface area contributed by atoms with Crippen LogP contribution in [0.15, 0.2) is 18.5 Å². The number of aliphatic hydroxyl groups is 1. The molecule has 0 spiro atoms. The van der Waals surface area contributed by atoms with E-state index in [1.165, 1.54) is 0 Å². The minimum atomic E-state index is -0.678. The Labute approximate surface area is 83.5 Å². The van der Waals surface area contributed by atoms with Gasteiger partial charge in [-0.05, 0) is 13.0 Å². The van der Waals surface area contributed by atoms with Crippen LogP contribution in [0.4, 0.5) is 0 Å². The first-order valence-corrected chi connectivity index (χ1v) is 4.38. The van der Waals surface area contributed by atoms with E-state index in [0.717, 1.165) is 0 Å². The summed E-state index contributed by atoms with van der Waals surface area (Å²) in [5.74, 6) is 0.629. The maximum absolute atomic E-state index is 9.79. The summed E-state index contributed by atoms with van der Waals surface area (Å²) in [7, 11) is 3.12. The lowest BCUT2D eigenvalue weighted by atomic mass is 10.1. The Morgan fingerprint density at radius 2 is 2.07 bits per heavy atom. The Bertz CT molecular complexity index is 290. The summed E-state index contributed by atoms with van der Waals surface area (Å²) in [6.45, 7) is 1.80. The number of hydrogen-bond acceptors (Lipinski definition) is 4. The van der Waals surface area contributed by atoms with Crippen molar-refractivity contribution in [2.24, 2.45) is 0 Å². The van der Waals surface area contributed by atoms with E-state index in [0.29, 0.717) is 11.3 Å². The normalized spacial score (nSPS) is 14.9. The number of rotatable bonds is 4. The molecule has 1 N–H and O–H groups in total. The molecule has 78 valence electrons. The molecule has 0 radical (unpaired) electrons. The monoisotopic (exact) mass is 197 g/mol. The van der Waals surface area contributed by atoms with Gasteiger partial charge >= 0.3 is 0 Å². The number of pyridine rings is 1. The number of aromatic nitrogens is 1. The van der Waals surface area contributed by atoms with E-state index in [-0.39, 0.29) is 6.10 Å². The van der Waals surface area contributed by atoms with Crippen molar-refractivity contribution in [2.45, 2.75) is 19.1 Å². The number of hydrogen-bond donors (Lipinski definition) is 1. The topological polar surface area (TPSA) is 51.6 Å². The van der Waals surface area contributed by atoms with Crippen LogP contribution in [-0.4, -0.2) is 30.4 Å². The largest absolute Gasteiger partial charge is 0.495 e. The van der Waals surface area contributed by atoms with Gasteiger partial charge in [0, 0.05) is 18.9 Å². The molecule has 1 rings (SSSR count). The fourth-order valence-corrected chi connectivity index (χ4v) is 1.11. The first-order chi connectivity index (χ1) is 6.69. The van der Waals surface area contributed by atoms with Crippen molar-refractivity contribution in [1.29, 1.82) is 0 Å². The lowest BCUT2D eigenvalue weighted by molar-refractivity contribution is -0.00167. The highest BCUT2D eigenvalue weighted by Gasteiger charge is 2.16. The molecule has 0 aromatic carbocycles. The van der Waals surface area contributed by atoms with Crippen LogP contribution in [0.3, 0.4) is 0 Å². The lowest BCUT2D eigenvalue weighted by Gasteiger charge is -2.17. The summed E-state index contributed by atoms with van der Waals surface area (Å²) in [5, 5.41) is 9.79. The van der Waals surface area contributed by atoms with Gasteiger partial charge in [-0.3, -0.25) is 4.98 Å².